The fraction of sp³-hybridized carbons (Fsp3) is 0.385. The van der Waals surface area contributed by atoms with Crippen molar-refractivity contribution in [2.24, 2.45) is 0 Å². The van der Waals surface area contributed by atoms with Crippen LogP contribution in [-0.4, -0.2) is 36.9 Å². The number of para-hydroxylation sites is 1. The van der Waals surface area contributed by atoms with Gasteiger partial charge in [-0.1, -0.05) is 23.8 Å². The molecule has 2 aromatic rings. The third-order valence-electron chi connectivity index (χ3n) is 5.69. The average Bonchev–Trinajstić information content (AvgIpc) is 3.22. The third kappa shape index (κ3) is 6.09. The molecule has 0 spiro atoms. The molecule has 9 nitrogen and oxygen atoms in total. The standard InChI is InChI=1S/C26H31O9P/c1-6-32-25(28)18(4)34-36(30,35-19-10-8-7-9-11-19)15-16(2)12-13-20-23(27)22-21(14-33-26(22)29)17(3)24(20)31-5/h7-11,15,18,27H,6,12-14H2,1-5H3/b16-15+/t18-,36?/m0/s1. The Labute approximate surface area is 210 Å². The first-order valence-electron chi connectivity index (χ1n) is 11.6. The van der Waals surface area contributed by atoms with Gasteiger partial charge in [0.15, 0.2) is 6.10 Å². The summed E-state index contributed by atoms with van der Waals surface area (Å²) in [6, 6.07) is 8.49. The molecular formula is C26H31O9P. The normalized spacial score (nSPS) is 15.5. The van der Waals surface area contributed by atoms with E-state index in [1.54, 1.807) is 51.1 Å². The van der Waals surface area contributed by atoms with Crippen molar-refractivity contribution in [2.45, 2.75) is 53.2 Å². The Morgan fingerprint density at radius 3 is 2.61 bits per heavy atom. The van der Waals surface area contributed by atoms with Gasteiger partial charge in [-0.2, -0.15) is 0 Å². The topological polar surface area (TPSA) is 118 Å². The summed E-state index contributed by atoms with van der Waals surface area (Å²) in [4.78, 5) is 24.3. The number of carbonyl (C=O) groups is 2. The van der Waals surface area contributed by atoms with E-state index in [-0.39, 0.29) is 30.9 Å². The zero-order valence-corrected chi connectivity index (χ0v) is 21.9. The highest BCUT2D eigenvalue weighted by atomic mass is 31.2. The Hall–Kier alpha value is -3.29. The van der Waals surface area contributed by atoms with E-state index < -0.39 is 25.6 Å². The molecule has 10 heteroatoms. The van der Waals surface area contributed by atoms with E-state index in [1.165, 1.54) is 19.9 Å². The number of hydrogen-bond donors (Lipinski definition) is 1. The first-order valence-corrected chi connectivity index (χ1v) is 13.2. The van der Waals surface area contributed by atoms with E-state index >= 15 is 0 Å². The second-order valence-electron chi connectivity index (χ2n) is 8.33. The highest BCUT2D eigenvalue weighted by Gasteiger charge is 2.33. The Bertz CT molecular complexity index is 1200. The second-order valence-corrected chi connectivity index (χ2v) is 10.1. The van der Waals surface area contributed by atoms with Crippen molar-refractivity contribution in [3.63, 3.8) is 0 Å². The first-order chi connectivity index (χ1) is 17.1. The van der Waals surface area contributed by atoms with Crippen molar-refractivity contribution in [1.29, 1.82) is 0 Å². The molecule has 0 saturated heterocycles. The van der Waals surface area contributed by atoms with E-state index in [9.17, 15) is 19.3 Å². The molecular weight excluding hydrogens is 487 g/mol. The monoisotopic (exact) mass is 518 g/mol. The molecule has 36 heavy (non-hydrogen) atoms. The third-order valence-corrected chi connectivity index (χ3v) is 7.53. The summed E-state index contributed by atoms with van der Waals surface area (Å²) < 4.78 is 40.6. The fourth-order valence-electron chi connectivity index (χ4n) is 3.96. The number of carbonyl (C=O) groups excluding carboxylic acids is 2. The summed E-state index contributed by atoms with van der Waals surface area (Å²) in [7, 11) is -2.46. The van der Waals surface area contributed by atoms with Crippen LogP contribution in [0, 0.1) is 6.92 Å². The fourth-order valence-corrected chi connectivity index (χ4v) is 5.72. The zero-order chi connectivity index (χ0) is 26.5. The summed E-state index contributed by atoms with van der Waals surface area (Å²) >= 11 is 0. The number of ether oxygens (including phenoxy) is 3. The molecule has 1 unspecified atom stereocenters. The number of rotatable bonds is 11. The maximum atomic E-state index is 13.7. The van der Waals surface area contributed by atoms with Gasteiger partial charge >= 0.3 is 19.5 Å². The van der Waals surface area contributed by atoms with Gasteiger partial charge in [0.1, 0.15) is 29.4 Å². The highest BCUT2D eigenvalue weighted by molar-refractivity contribution is 7.57. The van der Waals surface area contributed by atoms with Crippen molar-refractivity contribution in [2.75, 3.05) is 13.7 Å². The molecule has 1 N–H and O–H groups in total. The van der Waals surface area contributed by atoms with Gasteiger partial charge in [0, 0.05) is 16.9 Å². The lowest BCUT2D eigenvalue weighted by molar-refractivity contribution is -0.150. The van der Waals surface area contributed by atoms with E-state index in [0.29, 0.717) is 34.6 Å². The van der Waals surface area contributed by atoms with Crippen LogP contribution in [-0.2, 0) is 36.4 Å². The van der Waals surface area contributed by atoms with Crippen LogP contribution in [0.3, 0.4) is 0 Å². The quantitative estimate of drug-likeness (QED) is 0.306. The molecule has 0 amide bonds. The van der Waals surface area contributed by atoms with Crippen molar-refractivity contribution in [3.8, 4) is 17.2 Å². The number of benzene rings is 2. The van der Waals surface area contributed by atoms with Gasteiger partial charge in [-0.15, -0.1) is 0 Å². The summed E-state index contributed by atoms with van der Waals surface area (Å²) in [5, 5.41) is 10.8. The largest absolute Gasteiger partial charge is 0.507 e. The minimum atomic E-state index is -3.95. The smallest absolute Gasteiger partial charge is 0.404 e. The SMILES string of the molecule is CCOC(=O)[C@H](C)OP(=O)(/C=C(\C)CCc1c(O)c2c(c(C)c1OC)COC2=O)Oc1ccccc1. The van der Waals surface area contributed by atoms with Crippen molar-refractivity contribution in [1.82, 2.24) is 0 Å². The van der Waals surface area contributed by atoms with Crippen LogP contribution in [0.1, 0.15) is 54.2 Å². The van der Waals surface area contributed by atoms with Crippen molar-refractivity contribution in [3.05, 3.63) is 64.0 Å². The number of methoxy groups -OCH3 is 1. The Morgan fingerprint density at radius 1 is 1.28 bits per heavy atom. The summed E-state index contributed by atoms with van der Waals surface area (Å²) in [5.74, 6) is 0.715. The van der Waals surface area contributed by atoms with Crippen molar-refractivity contribution < 1.29 is 42.5 Å². The number of aromatic hydroxyl groups is 1. The number of allylic oxidation sites excluding steroid dienone is 1. The number of cyclic esters (lactones) is 1. The van der Waals surface area contributed by atoms with Gasteiger partial charge in [-0.3, -0.25) is 4.52 Å². The maximum Gasteiger partial charge on any atom is 0.404 e. The molecule has 1 heterocycles. The maximum absolute atomic E-state index is 13.7. The van der Waals surface area contributed by atoms with Crippen LogP contribution in [0.25, 0.3) is 0 Å². The predicted molar refractivity (Wildman–Crippen MR) is 132 cm³/mol. The highest BCUT2D eigenvalue weighted by Crippen LogP contribution is 2.52. The van der Waals surface area contributed by atoms with Gasteiger partial charge in [0.05, 0.1) is 13.7 Å². The zero-order valence-electron chi connectivity index (χ0n) is 21.0. The van der Waals surface area contributed by atoms with Crippen LogP contribution >= 0.6 is 7.60 Å². The van der Waals surface area contributed by atoms with Gasteiger partial charge < -0.3 is 23.8 Å². The molecule has 0 aromatic heterocycles. The summed E-state index contributed by atoms with van der Waals surface area (Å²) in [6.07, 6.45) is -0.522. The van der Waals surface area contributed by atoms with E-state index in [2.05, 4.69) is 0 Å². The molecule has 0 radical (unpaired) electrons. The molecule has 0 bridgehead atoms. The average molecular weight is 518 g/mol. The number of phenols is 1. The van der Waals surface area contributed by atoms with Crippen molar-refractivity contribution >= 4 is 19.5 Å². The lowest BCUT2D eigenvalue weighted by Gasteiger charge is -2.21. The van der Waals surface area contributed by atoms with Crippen LogP contribution in [0.5, 0.6) is 17.2 Å². The van der Waals surface area contributed by atoms with Gasteiger partial charge in [-0.05, 0) is 58.2 Å². The molecule has 1 aliphatic heterocycles. The predicted octanol–water partition coefficient (Wildman–Crippen LogP) is 5.46. The minimum Gasteiger partial charge on any atom is -0.507 e. The molecule has 0 saturated carbocycles. The summed E-state index contributed by atoms with van der Waals surface area (Å²) in [6.45, 7) is 6.88. The Balaban J connectivity index is 1.88. The Kier molecular flexibility index (Phi) is 8.82. The second kappa shape index (κ2) is 11.6. The Morgan fingerprint density at radius 2 is 1.97 bits per heavy atom. The molecule has 194 valence electrons. The van der Waals surface area contributed by atoms with Crippen LogP contribution in [0.4, 0.5) is 0 Å². The molecule has 1 aliphatic rings. The first kappa shape index (κ1) is 27.3. The van der Waals surface area contributed by atoms with Gasteiger partial charge in [-0.25, -0.2) is 14.2 Å². The number of phenolic OH excluding ortho intramolecular Hbond substituents is 1. The lowest BCUT2D eigenvalue weighted by atomic mass is 9.94. The molecule has 0 fully saturated rings. The molecule has 0 aliphatic carbocycles. The van der Waals surface area contributed by atoms with E-state index in [1.807, 2.05) is 0 Å². The summed E-state index contributed by atoms with van der Waals surface area (Å²) in [5.41, 5.74) is 2.53. The lowest BCUT2D eigenvalue weighted by Crippen LogP contribution is -2.23. The van der Waals surface area contributed by atoms with Gasteiger partial charge in [0.25, 0.3) is 0 Å². The number of esters is 2. The molecule has 3 rings (SSSR count). The number of fused-ring (bicyclic) bond motifs is 1. The van der Waals surface area contributed by atoms with Crippen LogP contribution in [0.2, 0.25) is 0 Å². The number of hydrogen-bond acceptors (Lipinski definition) is 9. The molecule has 2 atom stereocenters. The van der Waals surface area contributed by atoms with Gasteiger partial charge in [0.2, 0.25) is 0 Å². The van der Waals surface area contributed by atoms with Crippen LogP contribution < -0.4 is 9.26 Å². The van der Waals surface area contributed by atoms with E-state index in [0.717, 1.165) is 5.56 Å². The molecule has 2 aromatic carbocycles. The minimum absolute atomic E-state index is 0.0825. The van der Waals surface area contributed by atoms with Crippen LogP contribution in [0.15, 0.2) is 41.7 Å². The van der Waals surface area contributed by atoms with E-state index in [4.69, 9.17) is 23.3 Å².